The maximum Gasteiger partial charge on any atom is 0.421 e. The highest BCUT2D eigenvalue weighted by Gasteiger charge is 2.40. The average Bonchev–Trinajstić information content (AvgIpc) is 3.19. The number of anilines is 5. The Kier molecular flexibility index (Phi) is 8.38. The zero-order valence-corrected chi connectivity index (χ0v) is 25.5. The van der Waals surface area contributed by atoms with Gasteiger partial charge in [-0.3, -0.25) is 9.69 Å². The molecule has 0 radical (unpaired) electrons. The molecule has 3 aromatic rings. The van der Waals surface area contributed by atoms with Crippen molar-refractivity contribution in [3.05, 3.63) is 59.3 Å². The monoisotopic (exact) mass is 613 g/mol. The molecule has 0 saturated carbocycles. The molecule has 1 saturated heterocycles. The zero-order chi connectivity index (χ0) is 31.9. The molecule has 44 heavy (non-hydrogen) atoms. The molecule has 4 N–H and O–H groups in total. The summed E-state index contributed by atoms with van der Waals surface area (Å²) in [6.45, 7) is 10.9. The van der Waals surface area contributed by atoms with E-state index in [0.29, 0.717) is 29.2 Å². The lowest BCUT2D eigenvalue weighted by atomic mass is 9.83. The van der Waals surface area contributed by atoms with Crippen molar-refractivity contribution in [1.29, 1.82) is 0 Å². The number of aliphatic hydroxyl groups is 1. The summed E-state index contributed by atoms with van der Waals surface area (Å²) < 4.78 is 47.4. The molecule has 0 aliphatic carbocycles. The third-order valence-electron chi connectivity index (χ3n) is 7.91. The number of alkyl halides is 3. The van der Waals surface area contributed by atoms with Gasteiger partial charge in [0.25, 0.3) is 0 Å². The maximum atomic E-state index is 13.9. The molecule has 236 valence electrons. The molecule has 0 atom stereocenters. The molecule has 0 spiro atoms. The molecule has 2 aliphatic heterocycles. The van der Waals surface area contributed by atoms with Crippen molar-refractivity contribution in [2.75, 3.05) is 60.7 Å². The lowest BCUT2D eigenvalue weighted by Crippen LogP contribution is -2.50. The first-order valence-electron chi connectivity index (χ1n) is 14.4. The van der Waals surface area contributed by atoms with Crippen molar-refractivity contribution in [2.24, 2.45) is 0 Å². The smallest absolute Gasteiger partial charge is 0.421 e. The van der Waals surface area contributed by atoms with E-state index in [9.17, 15) is 23.1 Å². The van der Waals surface area contributed by atoms with Gasteiger partial charge in [0, 0.05) is 62.9 Å². The fourth-order valence-corrected chi connectivity index (χ4v) is 5.76. The van der Waals surface area contributed by atoms with Crippen LogP contribution >= 0.6 is 0 Å². The van der Waals surface area contributed by atoms with Crippen LogP contribution in [0.4, 0.5) is 42.0 Å². The average molecular weight is 614 g/mol. The first kappa shape index (κ1) is 31.3. The van der Waals surface area contributed by atoms with Crippen molar-refractivity contribution >= 4 is 34.7 Å². The van der Waals surface area contributed by atoms with Crippen LogP contribution in [0.25, 0.3) is 0 Å². The Labute approximate surface area is 254 Å². The normalized spacial score (nSPS) is 16.8. The Bertz CT molecular complexity index is 1530. The second-order valence-corrected chi connectivity index (χ2v) is 12.3. The number of nitrogens with one attached hydrogen (secondary N) is 3. The van der Waals surface area contributed by atoms with Crippen molar-refractivity contribution in [1.82, 2.24) is 14.9 Å². The summed E-state index contributed by atoms with van der Waals surface area (Å²) in [5.74, 6) is -0.111. The number of nitrogens with zero attached hydrogens (tertiary/aromatic N) is 4. The van der Waals surface area contributed by atoms with Crippen LogP contribution in [0.2, 0.25) is 0 Å². The number of hydrogen-bond donors (Lipinski definition) is 4. The number of carbonyl (C=O) groups excluding carboxylic acids is 1. The SMILES string of the molecule is COc1cc(N2CCN(CC(C)(C)O)CC2)ccc1Nc1ncc(C(F)(F)F)c(NCc2cccc3c2C(C)(C)C(=O)N3)n1. The van der Waals surface area contributed by atoms with Crippen molar-refractivity contribution in [3.8, 4) is 5.75 Å². The fourth-order valence-electron chi connectivity index (χ4n) is 5.76. The van der Waals surface area contributed by atoms with E-state index < -0.39 is 22.8 Å². The van der Waals surface area contributed by atoms with Gasteiger partial charge in [-0.1, -0.05) is 12.1 Å². The van der Waals surface area contributed by atoms with E-state index in [-0.39, 0.29) is 24.2 Å². The second-order valence-electron chi connectivity index (χ2n) is 12.3. The number of amides is 1. The number of fused-ring (bicyclic) bond motifs is 1. The number of piperazine rings is 1. The minimum Gasteiger partial charge on any atom is -0.494 e. The van der Waals surface area contributed by atoms with E-state index in [1.807, 2.05) is 12.1 Å². The van der Waals surface area contributed by atoms with Crippen LogP contribution < -0.4 is 25.6 Å². The molecule has 2 aromatic carbocycles. The molecule has 2 aliphatic rings. The molecule has 0 bridgehead atoms. The highest BCUT2D eigenvalue weighted by molar-refractivity contribution is 6.06. The highest BCUT2D eigenvalue weighted by Crippen LogP contribution is 2.41. The van der Waals surface area contributed by atoms with Gasteiger partial charge in [0.1, 0.15) is 17.1 Å². The minimum atomic E-state index is -4.69. The molecule has 1 fully saturated rings. The second kappa shape index (κ2) is 11.8. The summed E-state index contributed by atoms with van der Waals surface area (Å²) in [5, 5.41) is 18.8. The van der Waals surface area contributed by atoms with Crippen LogP contribution in [0.1, 0.15) is 44.4 Å². The van der Waals surface area contributed by atoms with Gasteiger partial charge in [-0.25, -0.2) is 4.98 Å². The van der Waals surface area contributed by atoms with E-state index in [2.05, 4.69) is 35.7 Å². The Hall–Kier alpha value is -4.10. The molecule has 3 heterocycles. The largest absolute Gasteiger partial charge is 0.494 e. The van der Waals surface area contributed by atoms with Crippen molar-refractivity contribution in [2.45, 2.75) is 51.4 Å². The lowest BCUT2D eigenvalue weighted by Gasteiger charge is -2.38. The van der Waals surface area contributed by atoms with E-state index in [4.69, 9.17) is 4.74 Å². The van der Waals surface area contributed by atoms with E-state index in [0.717, 1.165) is 43.6 Å². The number of aromatic nitrogens is 2. The number of β-amino-alcohol motifs (C(OH)–C–C–N with tert-alkyl or cyclic N) is 1. The van der Waals surface area contributed by atoms with Gasteiger partial charge in [0.05, 0.1) is 23.8 Å². The number of hydrogen-bond acceptors (Lipinski definition) is 9. The molecule has 10 nitrogen and oxygen atoms in total. The van der Waals surface area contributed by atoms with Gasteiger partial charge in [-0.2, -0.15) is 18.2 Å². The molecule has 13 heteroatoms. The number of halogens is 3. The molecule has 5 rings (SSSR count). The van der Waals surface area contributed by atoms with Gasteiger partial charge in [-0.15, -0.1) is 0 Å². The van der Waals surface area contributed by atoms with Gasteiger partial charge in [-0.05, 0) is 57.0 Å². The van der Waals surface area contributed by atoms with Crippen LogP contribution in [0.15, 0.2) is 42.6 Å². The summed E-state index contributed by atoms with van der Waals surface area (Å²) in [7, 11) is 1.52. The van der Waals surface area contributed by atoms with Gasteiger partial charge in [0.15, 0.2) is 0 Å². The summed E-state index contributed by atoms with van der Waals surface area (Å²) in [5.41, 5.74) is 0.914. The number of benzene rings is 2. The number of rotatable bonds is 9. The predicted molar refractivity (Wildman–Crippen MR) is 164 cm³/mol. The van der Waals surface area contributed by atoms with Crippen LogP contribution in [-0.4, -0.2) is 71.3 Å². The van der Waals surface area contributed by atoms with E-state index >= 15 is 0 Å². The zero-order valence-electron chi connectivity index (χ0n) is 25.5. The molecule has 1 amide bonds. The first-order chi connectivity index (χ1) is 20.7. The molecular weight excluding hydrogens is 575 g/mol. The van der Waals surface area contributed by atoms with Crippen LogP contribution in [-0.2, 0) is 22.9 Å². The maximum absolute atomic E-state index is 13.9. The van der Waals surface area contributed by atoms with E-state index in [1.165, 1.54) is 7.11 Å². The predicted octanol–water partition coefficient (Wildman–Crippen LogP) is 4.98. The third kappa shape index (κ3) is 6.68. The topological polar surface area (TPSA) is 115 Å². The Morgan fingerprint density at radius 1 is 1.11 bits per heavy atom. The van der Waals surface area contributed by atoms with Gasteiger partial charge < -0.3 is 30.7 Å². The standard InChI is InChI=1S/C31H38F3N7O3/c1-29(2,43)18-40-11-13-41(14-12-40)20-9-10-22(24(15-20)44-5)38-28-36-17-21(31(32,33)34)26(39-28)35-16-19-7-6-8-23-25(19)30(3,4)27(42)37-23/h6-10,15,17,43H,11-14,16,18H2,1-5H3,(H,37,42)(H2,35,36,38,39). The lowest BCUT2D eigenvalue weighted by molar-refractivity contribution is -0.137. The van der Waals surface area contributed by atoms with Gasteiger partial charge >= 0.3 is 6.18 Å². The van der Waals surface area contributed by atoms with E-state index in [1.54, 1.807) is 52.0 Å². The molecular formula is C31H38F3N7O3. The quantitative estimate of drug-likeness (QED) is 0.265. The Morgan fingerprint density at radius 3 is 2.50 bits per heavy atom. The summed E-state index contributed by atoms with van der Waals surface area (Å²) in [6, 6.07) is 10.9. The summed E-state index contributed by atoms with van der Waals surface area (Å²) in [4.78, 5) is 25.0. The highest BCUT2D eigenvalue weighted by atomic mass is 19.4. The third-order valence-corrected chi connectivity index (χ3v) is 7.91. The first-order valence-corrected chi connectivity index (χ1v) is 14.4. The number of methoxy groups -OCH3 is 1. The summed E-state index contributed by atoms with van der Waals surface area (Å²) in [6.07, 6.45) is -3.94. The number of carbonyl (C=O) groups is 1. The molecule has 0 unspecified atom stereocenters. The minimum absolute atomic E-state index is 0.0161. The van der Waals surface area contributed by atoms with Crippen molar-refractivity contribution in [3.63, 3.8) is 0 Å². The van der Waals surface area contributed by atoms with Gasteiger partial charge in [0.2, 0.25) is 11.9 Å². The Balaban J connectivity index is 1.34. The number of ether oxygens (including phenoxy) is 1. The van der Waals surface area contributed by atoms with Crippen LogP contribution in [0.3, 0.4) is 0 Å². The van der Waals surface area contributed by atoms with Crippen LogP contribution in [0.5, 0.6) is 5.75 Å². The molecule has 1 aromatic heterocycles. The van der Waals surface area contributed by atoms with Crippen LogP contribution in [0, 0.1) is 0 Å². The fraction of sp³-hybridized carbons (Fsp3) is 0.452. The summed E-state index contributed by atoms with van der Waals surface area (Å²) >= 11 is 0. The Morgan fingerprint density at radius 2 is 1.84 bits per heavy atom. The van der Waals surface area contributed by atoms with Crippen molar-refractivity contribution < 1.29 is 27.8 Å².